The Morgan fingerprint density at radius 2 is 2.08 bits per heavy atom. The number of hydrogen-bond acceptors (Lipinski definition) is 2. The highest BCUT2D eigenvalue weighted by molar-refractivity contribution is 7.07. The van der Waals surface area contributed by atoms with Crippen molar-refractivity contribution >= 4 is 11.3 Å². The van der Waals surface area contributed by atoms with Gasteiger partial charge in [0.25, 0.3) is 0 Å². The first kappa shape index (κ1) is 10.5. The van der Waals surface area contributed by atoms with Crippen LogP contribution < -0.4 is 0 Å². The van der Waals surface area contributed by atoms with Crippen molar-refractivity contribution in [2.24, 2.45) is 0 Å². The molecule has 0 bridgehead atoms. The molecular weight excluding hydrogens is 201 g/mol. The lowest BCUT2D eigenvalue weighted by Gasteiger charge is -2.20. The molecule has 0 spiro atoms. The zero-order valence-corrected chi connectivity index (χ0v) is 7.69. The van der Waals surface area contributed by atoms with Crippen LogP contribution >= 0.6 is 11.3 Å². The van der Waals surface area contributed by atoms with Gasteiger partial charge in [0, 0.05) is 5.92 Å². The zero-order chi connectivity index (χ0) is 10.1. The van der Waals surface area contributed by atoms with Crippen LogP contribution in [-0.4, -0.2) is 17.4 Å². The molecule has 0 aromatic carbocycles. The molecule has 0 aliphatic rings. The van der Waals surface area contributed by atoms with E-state index in [1.165, 1.54) is 18.3 Å². The molecule has 1 aromatic rings. The number of aliphatic hydroxyl groups is 1. The van der Waals surface area contributed by atoms with Crippen molar-refractivity contribution in [3.05, 3.63) is 22.4 Å². The normalized spacial score (nSPS) is 17.0. The molecule has 0 saturated carbocycles. The summed E-state index contributed by atoms with van der Waals surface area (Å²) in [6, 6.07) is 1.59. The number of rotatable bonds is 2. The molecule has 5 heteroatoms. The van der Waals surface area contributed by atoms with Gasteiger partial charge in [-0.25, -0.2) is 0 Å². The first-order chi connectivity index (χ1) is 5.93. The molecule has 1 aromatic heterocycles. The summed E-state index contributed by atoms with van der Waals surface area (Å²) in [5.74, 6) is -0.897. The SMILES string of the molecule is CC(c1ccsc1)C(O)C(F)(F)F. The van der Waals surface area contributed by atoms with E-state index in [1.54, 1.807) is 16.8 Å². The fraction of sp³-hybridized carbons (Fsp3) is 0.500. The second kappa shape index (κ2) is 3.67. The predicted octanol–water partition coefficient (Wildman–Crippen LogP) is 2.77. The summed E-state index contributed by atoms with van der Waals surface area (Å²) >= 11 is 1.32. The Kier molecular flexibility index (Phi) is 2.98. The third-order valence-corrected chi connectivity index (χ3v) is 2.58. The average Bonchev–Trinajstić information content (AvgIpc) is 2.51. The van der Waals surface area contributed by atoms with Gasteiger partial charge in [0.05, 0.1) is 0 Å². The van der Waals surface area contributed by atoms with E-state index in [2.05, 4.69) is 0 Å². The van der Waals surface area contributed by atoms with Gasteiger partial charge in [0.1, 0.15) is 0 Å². The van der Waals surface area contributed by atoms with Gasteiger partial charge in [-0.15, -0.1) is 0 Å². The molecule has 1 rings (SSSR count). The van der Waals surface area contributed by atoms with Gasteiger partial charge in [0.2, 0.25) is 0 Å². The number of hydrogen-bond donors (Lipinski definition) is 1. The summed E-state index contributed by atoms with van der Waals surface area (Å²) in [6.45, 7) is 1.36. The minimum Gasteiger partial charge on any atom is -0.383 e. The van der Waals surface area contributed by atoms with Crippen LogP contribution in [0.5, 0.6) is 0 Å². The first-order valence-electron chi connectivity index (χ1n) is 3.70. The highest BCUT2D eigenvalue weighted by atomic mass is 32.1. The second-order valence-corrected chi connectivity index (χ2v) is 3.61. The van der Waals surface area contributed by atoms with E-state index < -0.39 is 18.2 Å². The molecular formula is C8H9F3OS. The summed E-state index contributed by atoms with van der Waals surface area (Å²) < 4.78 is 36.1. The number of thiophene rings is 1. The van der Waals surface area contributed by atoms with Crippen LogP contribution in [0.3, 0.4) is 0 Å². The predicted molar refractivity (Wildman–Crippen MR) is 44.8 cm³/mol. The number of alkyl halides is 3. The summed E-state index contributed by atoms with van der Waals surface area (Å²) in [6.07, 6.45) is -6.82. The van der Waals surface area contributed by atoms with Crippen LogP contribution in [0, 0.1) is 0 Å². The van der Waals surface area contributed by atoms with Gasteiger partial charge in [-0.3, -0.25) is 0 Å². The molecule has 74 valence electrons. The van der Waals surface area contributed by atoms with Crippen molar-refractivity contribution in [2.45, 2.75) is 25.1 Å². The standard InChI is InChI=1S/C8H9F3OS/c1-5(6-2-3-13-4-6)7(12)8(9,10)11/h2-5,7,12H,1H3. The summed E-state index contributed by atoms with van der Waals surface area (Å²) in [4.78, 5) is 0. The van der Waals surface area contributed by atoms with Crippen LogP contribution in [0.15, 0.2) is 16.8 Å². The van der Waals surface area contributed by atoms with Crippen molar-refractivity contribution in [3.8, 4) is 0 Å². The van der Waals surface area contributed by atoms with Crippen molar-refractivity contribution in [1.29, 1.82) is 0 Å². The summed E-state index contributed by atoms with van der Waals surface area (Å²) in [7, 11) is 0. The van der Waals surface area contributed by atoms with Crippen molar-refractivity contribution < 1.29 is 18.3 Å². The van der Waals surface area contributed by atoms with Crippen LogP contribution in [0.4, 0.5) is 13.2 Å². The monoisotopic (exact) mass is 210 g/mol. The molecule has 0 aliphatic heterocycles. The van der Waals surface area contributed by atoms with Gasteiger partial charge >= 0.3 is 6.18 Å². The Balaban J connectivity index is 2.74. The smallest absolute Gasteiger partial charge is 0.383 e. The Bertz CT molecular complexity index is 255. The van der Waals surface area contributed by atoms with E-state index in [1.807, 2.05) is 0 Å². The van der Waals surface area contributed by atoms with Gasteiger partial charge in [0.15, 0.2) is 6.10 Å². The van der Waals surface area contributed by atoms with E-state index in [0.717, 1.165) is 0 Å². The van der Waals surface area contributed by atoms with Gasteiger partial charge < -0.3 is 5.11 Å². The minimum atomic E-state index is -4.54. The lowest BCUT2D eigenvalue weighted by molar-refractivity contribution is -0.209. The first-order valence-corrected chi connectivity index (χ1v) is 4.64. The highest BCUT2D eigenvalue weighted by Gasteiger charge is 2.42. The largest absolute Gasteiger partial charge is 0.414 e. The number of aliphatic hydroxyl groups excluding tert-OH is 1. The maximum Gasteiger partial charge on any atom is 0.414 e. The van der Waals surface area contributed by atoms with E-state index >= 15 is 0 Å². The maximum atomic E-state index is 12.0. The molecule has 1 heterocycles. The summed E-state index contributed by atoms with van der Waals surface area (Å²) in [5.41, 5.74) is 0.523. The molecule has 0 amide bonds. The van der Waals surface area contributed by atoms with Gasteiger partial charge in [-0.05, 0) is 22.4 Å². The Hall–Kier alpha value is -0.550. The Morgan fingerprint density at radius 3 is 2.46 bits per heavy atom. The Morgan fingerprint density at radius 1 is 1.46 bits per heavy atom. The highest BCUT2D eigenvalue weighted by Crippen LogP contribution is 2.32. The zero-order valence-electron chi connectivity index (χ0n) is 6.88. The molecule has 13 heavy (non-hydrogen) atoms. The lowest BCUT2D eigenvalue weighted by atomic mass is 9.98. The number of halogens is 3. The molecule has 0 aliphatic carbocycles. The lowest BCUT2D eigenvalue weighted by Crippen LogP contribution is -2.33. The van der Waals surface area contributed by atoms with E-state index in [9.17, 15) is 13.2 Å². The van der Waals surface area contributed by atoms with Crippen LogP contribution in [0.25, 0.3) is 0 Å². The van der Waals surface area contributed by atoms with Crippen LogP contribution in [-0.2, 0) is 0 Å². The molecule has 0 fully saturated rings. The Labute approximate surface area is 77.8 Å². The molecule has 1 nitrogen and oxygen atoms in total. The average molecular weight is 210 g/mol. The fourth-order valence-corrected chi connectivity index (χ4v) is 1.76. The van der Waals surface area contributed by atoms with Crippen LogP contribution in [0.1, 0.15) is 18.4 Å². The van der Waals surface area contributed by atoms with Crippen molar-refractivity contribution in [1.82, 2.24) is 0 Å². The van der Waals surface area contributed by atoms with Crippen LogP contribution in [0.2, 0.25) is 0 Å². The van der Waals surface area contributed by atoms with Gasteiger partial charge in [-0.2, -0.15) is 24.5 Å². The topological polar surface area (TPSA) is 20.2 Å². The summed E-state index contributed by atoms with van der Waals surface area (Å²) in [5, 5.41) is 12.2. The second-order valence-electron chi connectivity index (χ2n) is 2.83. The fourth-order valence-electron chi connectivity index (χ4n) is 1.000. The van der Waals surface area contributed by atoms with Crippen molar-refractivity contribution in [2.75, 3.05) is 0 Å². The molecule has 0 saturated heterocycles. The van der Waals surface area contributed by atoms with Gasteiger partial charge in [-0.1, -0.05) is 6.92 Å². The van der Waals surface area contributed by atoms with E-state index in [-0.39, 0.29) is 0 Å². The third-order valence-electron chi connectivity index (χ3n) is 1.88. The maximum absolute atomic E-state index is 12.0. The van der Waals surface area contributed by atoms with E-state index in [0.29, 0.717) is 5.56 Å². The molecule has 2 unspecified atom stereocenters. The molecule has 0 radical (unpaired) electrons. The van der Waals surface area contributed by atoms with Crippen molar-refractivity contribution in [3.63, 3.8) is 0 Å². The molecule has 2 atom stereocenters. The minimum absolute atomic E-state index is 0.523. The molecule has 1 N–H and O–H groups in total. The third kappa shape index (κ3) is 2.45. The quantitative estimate of drug-likeness (QED) is 0.795. The van der Waals surface area contributed by atoms with E-state index in [4.69, 9.17) is 5.11 Å².